The lowest BCUT2D eigenvalue weighted by Gasteiger charge is -2.17. The van der Waals surface area contributed by atoms with Crippen LogP contribution in [0.25, 0.3) is 11.2 Å². The van der Waals surface area contributed by atoms with Crippen LogP contribution in [0.1, 0.15) is 12.6 Å². The van der Waals surface area contributed by atoms with Crippen LogP contribution in [0.5, 0.6) is 0 Å². The molecule has 0 unspecified atom stereocenters. The SMILES string of the molecule is CN(C)c1ncnc2c1ncn2[C@@H]1O[C@H](CO)C[C@H]1O. The smallest absolute Gasteiger partial charge is 0.167 e. The second kappa shape index (κ2) is 4.97. The molecule has 1 fully saturated rings. The number of anilines is 1. The molecule has 108 valence electrons. The van der Waals surface area contributed by atoms with Crippen LogP contribution in [-0.4, -0.2) is 62.6 Å². The van der Waals surface area contributed by atoms with Gasteiger partial charge in [-0.1, -0.05) is 0 Å². The van der Waals surface area contributed by atoms with E-state index in [0.717, 1.165) is 0 Å². The lowest BCUT2D eigenvalue weighted by Crippen LogP contribution is -2.19. The summed E-state index contributed by atoms with van der Waals surface area (Å²) >= 11 is 0. The van der Waals surface area contributed by atoms with E-state index in [1.54, 1.807) is 10.9 Å². The lowest BCUT2D eigenvalue weighted by molar-refractivity contribution is -0.0486. The molecule has 0 amide bonds. The minimum Gasteiger partial charge on any atom is -0.394 e. The Morgan fingerprint density at radius 3 is 2.85 bits per heavy atom. The number of hydrogen-bond acceptors (Lipinski definition) is 7. The van der Waals surface area contributed by atoms with E-state index in [1.807, 2.05) is 19.0 Å². The average molecular weight is 279 g/mol. The second-order valence-electron chi connectivity index (χ2n) is 5.05. The number of aliphatic hydroxyl groups is 2. The van der Waals surface area contributed by atoms with Crippen molar-refractivity contribution in [3.05, 3.63) is 12.7 Å². The minimum absolute atomic E-state index is 0.113. The number of nitrogens with zero attached hydrogens (tertiary/aromatic N) is 5. The van der Waals surface area contributed by atoms with Crippen LogP contribution in [0.4, 0.5) is 5.82 Å². The van der Waals surface area contributed by atoms with Crippen molar-refractivity contribution in [3.8, 4) is 0 Å². The summed E-state index contributed by atoms with van der Waals surface area (Å²) in [5.74, 6) is 0.708. The molecule has 2 aromatic rings. The molecule has 0 aromatic carbocycles. The molecular weight excluding hydrogens is 262 g/mol. The molecule has 3 atom stereocenters. The van der Waals surface area contributed by atoms with Crippen LogP contribution in [0.3, 0.4) is 0 Å². The van der Waals surface area contributed by atoms with Gasteiger partial charge in [0.1, 0.15) is 12.4 Å². The minimum atomic E-state index is -0.692. The van der Waals surface area contributed by atoms with Crippen molar-refractivity contribution in [2.75, 3.05) is 25.6 Å². The predicted octanol–water partition coefficient (Wildman–Crippen LogP) is -0.467. The molecule has 0 saturated carbocycles. The molecular formula is C12H17N5O3. The van der Waals surface area contributed by atoms with Crippen LogP contribution < -0.4 is 4.90 Å². The Kier molecular flexibility index (Phi) is 3.28. The number of imidazole rings is 1. The van der Waals surface area contributed by atoms with Crippen molar-refractivity contribution in [1.82, 2.24) is 19.5 Å². The number of aliphatic hydroxyl groups excluding tert-OH is 2. The summed E-state index contributed by atoms with van der Waals surface area (Å²) in [6.07, 6.45) is 1.81. The van der Waals surface area contributed by atoms with Gasteiger partial charge in [-0.05, 0) is 0 Å². The van der Waals surface area contributed by atoms with Gasteiger partial charge in [-0.3, -0.25) is 4.57 Å². The quantitative estimate of drug-likeness (QED) is 0.784. The number of ether oxygens (including phenoxy) is 1. The van der Waals surface area contributed by atoms with Crippen molar-refractivity contribution in [2.45, 2.75) is 24.9 Å². The molecule has 2 aromatic heterocycles. The van der Waals surface area contributed by atoms with E-state index >= 15 is 0 Å². The van der Waals surface area contributed by atoms with Gasteiger partial charge in [-0.2, -0.15) is 0 Å². The summed E-state index contributed by atoms with van der Waals surface area (Å²) < 4.78 is 7.31. The Hall–Kier alpha value is -1.77. The maximum absolute atomic E-state index is 10.1. The first-order chi connectivity index (χ1) is 9.61. The molecule has 1 aliphatic rings. The Morgan fingerprint density at radius 1 is 1.40 bits per heavy atom. The monoisotopic (exact) mass is 279 g/mol. The van der Waals surface area contributed by atoms with E-state index in [2.05, 4.69) is 15.0 Å². The zero-order chi connectivity index (χ0) is 14.3. The van der Waals surface area contributed by atoms with Gasteiger partial charge in [0.25, 0.3) is 0 Å². The summed E-state index contributed by atoms with van der Waals surface area (Å²) in [5.41, 5.74) is 1.26. The van der Waals surface area contributed by atoms with Gasteiger partial charge < -0.3 is 19.8 Å². The van der Waals surface area contributed by atoms with Gasteiger partial charge in [0.15, 0.2) is 23.2 Å². The Balaban J connectivity index is 2.03. The molecule has 0 spiro atoms. The third kappa shape index (κ3) is 2.01. The second-order valence-corrected chi connectivity index (χ2v) is 5.05. The summed E-state index contributed by atoms with van der Waals surface area (Å²) in [6.45, 7) is -0.113. The van der Waals surface area contributed by atoms with Gasteiger partial charge in [0.2, 0.25) is 0 Å². The van der Waals surface area contributed by atoms with Gasteiger partial charge in [0.05, 0.1) is 19.0 Å². The third-order valence-electron chi connectivity index (χ3n) is 3.41. The van der Waals surface area contributed by atoms with Crippen molar-refractivity contribution < 1.29 is 14.9 Å². The van der Waals surface area contributed by atoms with E-state index in [4.69, 9.17) is 9.84 Å². The fraction of sp³-hybridized carbons (Fsp3) is 0.583. The first kappa shape index (κ1) is 13.2. The van der Waals surface area contributed by atoms with E-state index < -0.39 is 12.3 Å². The van der Waals surface area contributed by atoms with Crippen molar-refractivity contribution >= 4 is 17.0 Å². The fourth-order valence-corrected chi connectivity index (χ4v) is 2.45. The van der Waals surface area contributed by atoms with Gasteiger partial charge in [-0.25, -0.2) is 15.0 Å². The summed E-state index contributed by atoms with van der Waals surface area (Å²) in [7, 11) is 3.76. The molecule has 20 heavy (non-hydrogen) atoms. The van der Waals surface area contributed by atoms with Gasteiger partial charge in [0, 0.05) is 20.5 Å². The van der Waals surface area contributed by atoms with Gasteiger partial charge >= 0.3 is 0 Å². The van der Waals surface area contributed by atoms with Crippen molar-refractivity contribution in [2.24, 2.45) is 0 Å². The molecule has 0 bridgehead atoms. The summed E-state index contributed by atoms with van der Waals surface area (Å²) in [4.78, 5) is 14.6. The zero-order valence-corrected chi connectivity index (χ0v) is 11.3. The van der Waals surface area contributed by atoms with Crippen molar-refractivity contribution in [1.29, 1.82) is 0 Å². The molecule has 8 heteroatoms. The fourth-order valence-electron chi connectivity index (χ4n) is 2.45. The molecule has 1 aliphatic heterocycles. The Labute approximate surface area is 115 Å². The first-order valence-electron chi connectivity index (χ1n) is 6.41. The van der Waals surface area contributed by atoms with Crippen LogP contribution in [0.2, 0.25) is 0 Å². The van der Waals surface area contributed by atoms with Crippen molar-refractivity contribution in [3.63, 3.8) is 0 Å². The lowest BCUT2D eigenvalue weighted by atomic mass is 10.2. The number of aromatic nitrogens is 4. The number of hydrogen-bond donors (Lipinski definition) is 2. The Morgan fingerprint density at radius 2 is 2.20 bits per heavy atom. The number of rotatable bonds is 3. The summed E-state index contributed by atoms with van der Waals surface area (Å²) in [5, 5.41) is 19.2. The highest BCUT2D eigenvalue weighted by molar-refractivity contribution is 5.83. The maximum Gasteiger partial charge on any atom is 0.167 e. The standard InChI is InChI=1S/C12H17N5O3/c1-16(2)10-9-11(14-5-13-10)17(6-15-9)12-8(19)3-7(4-18)20-12/h5-8,12,18-19H,3-4H2,1-2H3/t7-,8+,12+/m0/s1. The highest BCUT2D eigenvalue weighted by Gasteiger charge is 2.36. The molecule has 0 radical (unpaired) electrons. The van der Waals surface area contributed by atoms with Crippen LogP contribution in [0, 0.1) is 0 Å². The normalized spacial score (nSPS) is 26.3. The molecule has 2 N–H and O–H groups in total. The Bertz CT molecular complexity index is 614. The molecule has 3 rings (SSSR count). The highest BCUT2D eigenvalue weighted by Crippen LogP contribution is 2.31. The summed E-state index contributed by atoms with van der Waals surface area (Å²) in [6, 6.07) is 0. The third-order valence-corrected chi connectivity index (χ3v) is 3.41. The number of fused-ring (bicyclic) bond motifs is 1. The average Bonchev–Trinajstić information content (AvgIpc) is 3.01. The molecule has 1 saturated heterocycles. The van der Waals surface area contributed by atoms with E-state index in [9.17, 15) is 5.11 Å². The van der Waals surface area contributed by atoms with E-state index in [-0.39, 0.29) is 12.7 Å². The largest absolute Gasteiger partial charge is 0.394 e. The predicted molar refractivity (Wildman–Crippen MR) is 71.3 cm³/mol. The van der Waals surface area contributed by atoms with E-state index in [1.165, 1.54) is 6.33 Å². The molecule has 0 aliphatic carbocycles. The van der Waals surface area contributed by atoms with Crippen LogP contribution in [-0.2, 0) is 4.74 Å². The molecule has 3 heterocycles. The topological polar surface area (TPSA) is 96.5 Å². The van der Waals surface area contributed by atoms with Gasteiger partial charge in [-0.15, -0.1) is 0 Å². The highest BCUT2D eigenvalue weighted by atomic mass is 16.5. The van der Waals surface area contributed by atoms with Crippen LogP contribution in [0.15, 0.2) is 12.7 Å². The first-order valence-corrected chi connectivity index (χ1v) is 6.41. The maximum atomic E-state index is 10.1. The van der Waals surface area contributed by atoms with Crippen LogP contribution >= 0.6 is 0 Å². The van der Waals surface area contributed by atoms with E-state index in [0.29, 0.717) is 23.4 Å². The zero-order valence-electron chi connectivity index (χ0n) is 11.3. The molecule has 8 nitrogen and oxygen atoms in total.